The molecule has 0 aromatic heterocycles. The van der Waals surface area contributed by atoms with Gasteiger partial charge in [0, 0.05) is 25.9 Å². The van der Waals surface area contributed by atoms with E-state index < -0.39 is 41.3 Å². The van der Waals surface area contributed by atoms with E-state index in [0.717, 1.165) is 32.1 Å². The predicted octanol–water partition coefficient (Wildman–Crippen LogP) is 3.54. The molecule has 2 N–H and O–H groups in total. The van der Waals surface area contributed by atoms with Crippen molar-refractivity contribution in [2.24, 2.45) is 11.8 Å². The first-order valence-electron chi connectivity index (χ1n) is 13.0. The van der Waals surface area contributed by atoms with Crippen molar-refractivity contribution in [1.82, 2.24) is 10.2 Å². The number of carbonyl (C=O) groups is 3. The summed E-state index contributed by atoms with van der Waals surface area (Å²) in [7, 11) is 2.95. The molecule has 3 heterocycles. The van der Waals surface area contributed by atoms with Crippen LogP contribution >= 0.6 is 23.2 Å². The van der Waals surface area contributed by atoms with E-state index in [1.165, 1.54) is 19.1 Å². The fourth-order valence-electron chi connectivity index (χ4n) is 6.55. The SMILES string of the molecule is COC(CN1C(=O)[C@@H]2[C@H](C(=O)Nc3ccc(Cl)c(Cl)c3)[C@]3(C)C=C[C@@]2(O3)[C@@H]1C(=O)NC1CCCCC1)OC. The summed E-state index contributed by atoms with van der Waals surface area (Å²) in [6.07, 6.45) is 7.87. The molecule has 206 valence electrons. The summed E-state index contributed by atoms with van der Waals surface area (Å²) in [5.74, 6) is -2.84. The molecule has 0 radical (unpaired) electrons. The average Bonchev–Trinajstić information content (AvgIpc) is 3.46. The summed E-state index contributed by atoms with van der Waals surface area (Å²) in [6.45, 7) is 1.79. The number of carbonyl (C=O) groups excluding carboxylic acids is 3. The Bertz CT molecular complexity index is 1150. The van der Waals surface area contributed by atoms with Crippen molar-refractivity contribution >= 4 is 46.6 Å². The van der Waals surface area contributed by atoms with Gasteiger partial charge in [0.25, 0.3) is 0 Å². The minimum absolute atomic E-state index is 0.0158. The fourth-order valence-corrected chi connectivity index (χ4v) is 6.85. The zero-order valence-electron chi connectivity index (χ0n) is 21.7. The van der Waals surface area contributed by atoms with Crippen LogP contribution in [0, 0.1) is 11.8 Å². The lowest BCUT2D eigenvalue weighted by molar-refractivity contribution is -0.156. The number of nitrogens with zero attached hydrogens (tertiary/aromatic N) is 1. The van der Waals surface area contributed by atoms with Crippen LogP contribution in [0.15, 0.2) is 30.4 Å². The average molecular weight is 566 g/mol. The number of amides is 3. The Labute approximate surface area is 232 Å². The van der Waals surface area contributed by atoms with Crippen LogP contribution in [0.2, 0.25) is 10.0 Å². The van der Waals surface area contributed by atoms with Gasteiger partial charge in [-0.25, -0.2) is 0 Å². The van der Waals surface area contributed by atoms with Crippen LogP contribution in [-0.2, 0) is 28.6 Å². The highest BCUT2D eigenvalue weighted by molar-refractivity contribution is 6.42. The monoisotopic (exact) mass is 565 g/mol. The number of benzene rings is 1. The molecule has 3 aliphatic heterocycles. The number of ether oxygens (including phenoxy) is 3. The molecule has 1 aromatic carbocycles. The smallest absolute Gasteiger partial charge is 0.246 e. The summed E-state index contributed by atoms with van der Waals surface area (Å²) in [5, 5.41) is 6.68. The third kappa shape index (κ3) is 4.52. The van der Waals surface area contributed by atoms with Gasteiger partial charge in [0.1, 0.15) is 11.6 Å². The Morgan fingerprint density at radius 3 is 2.47 bits per heavy atom. The summed E-state index contributed by atoms with van der Waals surface area (Å²) >= 11 is 12.2. The van der Waals surface area contributed by atoms with Gasteiger partial charge in [-0.1, -0.05) is 54.6 Å². The highest BCUT2D eigenvalue weighted by Crippen LogP contribution is 2.59. The minimum Gasteiger partial charge on any atom is -0.356 e. The highest BCUT2D eigenvalue weighted by atomic mass is 35.5. The first-order valence-corrected chi connectivity index (χ1v) is 13.7. The first kappa shape index (κ1) is 27.4. The molecule has 38 heavy (non-hydrogen) atoms. The molecule has 5 atom stereocenters. The maximum Gasteiger partial charge on any atom is 0.246 e. The second-order valence-corrected chi connectivity index (χ2v) is 11.5. The molecule has 0 unspecified atom stereocenters. The summed E-state index contributed by atoms with van der Waals surface area (Å²) in [6, 6.07) is 3.84. The summed E-state index contributed by atoms with van der Waals surface area (Å²) in [4.78, 5) is 43.1. The highest BCUT2D eigenvalue weighted by Gasteiger charge is 2.76. The lowest BCUT2D eigenvalue weighted by Crippen LogP contribution is -2.57. The molecule has 9 nitrogen and oxygen atoms in total. The fraction of sp³-hybridized carbons (Fsp3) is 0.593. The normalized spacial score (nSPS) is 32.2. The van der Waals surface area contributed by atoms with Crippen LogP contribution in [0.4, 0.5) is 5.69 Å². The molecule has 2 saturated heterocycles. The van der Waals surface area contributed by atoms with E-state index in [9.17, 15) is 14.4 Å². The van der Waals surface area contributed by atoms with Crippen molar-refractivity contribution in [3.63, 3.8) is 0 Å². The number of likely N-dealkylation sites (tertiary alicyclic amines) is 1. The summed E-state index contributed by atoms with van der Waals surface area (Å²) < 4.78 is 17.3. The Morgan fingerprint density at radius 2 is 1.82 bits per heavy atom. The largest absolute Gasteiger partial charge is 0.356 e. The Morgan fingerprint density at radius 1 is 1.11 bits per heavy atom. The Hall–Kier alpha value is -2.17. The van der Waals surface area contributed by atoms with Crippen LogP contribution in [0.1, 0.15) is 39.0 Å². The van der Waals surface area contributed by atoms with Gasteiger partial charge in [0.05, 0.1) is 34.0 Å². The number of methoxy groups -OCH3 is 2. The number of anilines is 1. The van der Waals surface area contributed by atoms with Gasteiger partial charge in [0.2, 0.25) is 17.7 Å². The third-order valence-electron chi connectivity index (χ3n) is 8.34. The summed E-state index contributed by atoms with van der Waals surface area (Å²) in [5.41, 5.74) is -1.92. The van der Waals surface area contributed by atoms with Gasteiger partial charge in [0.15, 0.2) is 6.29 Å². The van der Waals surface area contributed by atoms with Crippen molar-refractivity contribution in [2.75, 3.05) is 26.1 Å². The second-order valence-electron chi connectivity index (χ2n) is 10.7. The number of fused-ring (bicyclic) bond motifs is 1. The minimum atomic E-state index is -1.30. The van der Waals surface area contributed by atoms with Crippen LogP contribution in [0.5, 0.6) is 0 Å². The predicted molar refractivity (Wildman–Crippen MR) is 142 cm³/mol. The van der Waals surface area contributed by atoms with Crippen LogP contribution < -0.4 is 10.6 Å². The van der Waals surface area contributed by atoms with Crippen molar-refractivity contribution in [3.8, 4) is 0 Å². The van der Waals surface area contributed by atoms with E-state index in [2.05, 4.69) is 10.6 Å². The molecule has 3 fully saturated rings. The van der Waals surface area contributed by atoms with E-state index in [0.29, 0.717) is 15.7 Å². The van der Waals surface area contributed by atoms with Gasteiger partial charge in [-0.05, 0) is 38.0 Å². The van der Waals surface area contributed by atoms with E-state index >= 15 is 0 Å². The molecule has 11 heteroatoms. The first-order chi connectivity index (χ1) is 18.1. The molecule has 1 aliphatic carbocycles. The van der Waals surface area contributed by atoms with Crippen molar-refractivity contribution in [2.45, 2.75) is 68.6 Å². The van der Waals surface area contributed by atoms with Gasteiger partial charge >= 0.3 is 0 Å². The standard InChI is InChI=1S/C27H33Cl2N3O6/c1-26-11-12-27(38-26)21(20(26)23(33)31-16-9-10-17(28)18(29)13-16)25(35)32(14-19(36-2)37-3)22(27)24(34)30-15-7-5-4-6-8-15/h9-13,15,19-22H,4-8,14H2,1-3H3,(H,30,34)(H,31,33)/t20-,21+,22+,26+,27+/m1/s1. The zero-order valence-corrected chi connectivity index (χ0v) is 23.2. The molecule has 5 rings (SSSR count). The molecule has 1 spiro atoms. The van der Waals surface area contributed by atoms with E-state index in [4.69, 9.17) is 37.4 Å². The molecular formula is C27H33Cl2N3O6. The molecule has 3 amide bonds. The van der Waals surface area contributed by atoms with Crippen molar-refractivity contribution < 1.29 is 28.6 Å². The van der Waals surface area contributed by atoms with Crippen molar-refractivity contribution in [3.05, 3.63) is 40.4 Å². The molecule has 1 saturated carbocycles. The molecule has 4 aliphatic rings. The van der Waals surface area contributed by atoms with Gasteiger partial charge in [-0.15, -0.1) is 0 Å². The lowest BCUT2D eigenvalue weighted by atomic mass is 9.70. The van der Waals surface area contributed by atoms with Gasteiger partial charge < -0.3 is 29.7 Å². The Balaban J connectivity index is 1.48. The topological polar surface area (TPSA) is 106 Å². The van der Waals surface area contributed by atoms with Crippen LogP contribution in [-0.4, -0.2) is 73.0 Å². The maximum absolute atomic E-state index is 14.1. The second kappa shape index (κ2) is 10.4. The zero-order chi connectivity index (χ0) is 27.2. The van der Waals surface area contributed by atoms with Crippen LogP contribution in [0.25, 0.3) is 0 Å². The van der Waals surface area contributed by atoms with Crippen molar-refractivity contribution in [1.29, 1.82) is 0 Å². The quantitative estimate of drug-likeness (QED) is 0.369. The number of hydrogen-bond donors (Lipinski definition) is 2. The third-order valence-corrected chi connectivity index (χ3v) is 9.08. The van der Waals surface area contributed by atoms with E-state index in [1.807, 2.05) is 0 Å². The van der Waals surface area contributed by atoms with Gasteiger partial charge in [-0.3, -0.25) is 14.4 Å². The molecular weight excluding hydrogens is 533 g/mol. The van der Waals surface area contributed by atoms with E-state index in [1.54, 1.807) is 37.3 Å². The molecule has 1 aromatic rings. The number of nitrogens with one attached hydrogen (secondary N) is 2. The van der Waals surface area contributed by atoms with Crippen LogP contribution in [0.3, 0.4) is 0 Å². The van der Waals surface area contributed by atoms with Gasteiger partial charge in [-0.2, -0.15) is 0 Å². The lowest BCUT2D eigenvalue weighted by Gasteiger charge is -2.35. The van der Waals surface area contributed by atoms with E-state index in [-0.39, 0.29) is 24.4 Å². The molecule has 2 bridgehead atoms. The number of rotatable bonds is 8. The number of halogens is 2. The maximum atomic E-state index is 14.1. The number of hydrogen-bond acceptors (Lipinski definition) is 6. The Kier molecular flexibility index (Phi) is 7.52.